The third-order valence-corrected chi connectivity index (χ3v) is 4.70. The van der Waals surface area contributed by atoms with Gasteiger partial charge in [0, 0.05) is 25.2 Å². The summed E-state index contributed by atoms with van der Waals surface area (Å²) in [6.07, 6.45) is 1.49. The van der Waals surface area contributed by atoms with E-state index in [2.05, 4.69) is 15.3 Å². The van der Waals surface area contributed by atoms with Gasteiger partial charge < -0.3 is 10.2 Å². The predicted octanol–water partition coefficient (Wildman–Crippen LogP) is 5.08. The largest absolute Gasteiger partial charge is 0.361 e. The first-order chi connectivity index (χ1) is 12.9. The first-order valence-electron chi connectivity index (χ1n) is 8.22. The van der Waals surface area contributed by atoms with Crippen molar-refractivity contribution in [2.45, 2.75) is 6.92 Å². The number of carbonyl (C=O) groups excluding carboxylic acids is 1. The van der Waals surface area contributed by atoms with Crippen LogP contribution in [-0.4, -0.2) is 30.0 Å². The number of benzene rings is 2. The van der Waals surface area contributed by atoms with Crippen LogP contribution in [0.2, 0.25) is 10.0 Å². The number of hydrogen-bond donors (Lipinski definition) is 1. The van der Waals surface area contributed by atoms with E-state index >= 15 is 0 Å². The van der Waals surface area contributed by atoms with Crippen LogP contribution in [0.4, 0.5) is 11.5 Å². The Labute approximate surface area is 168 Å². The summed E-state index contributed by atoms with van der Waals surface area (Å²) >= 11 is 12.0. The second-order valence-corrected chi connectivity index (χ2v) is 7.08. The molecule has 138 valence electrons. The third kappa shape index (κ3) is 4.21. The molecule has 0 saturated heterocycles. The van der Waals surface area contributed by atoms with Crippen LogP contribution in [0.15, 0.2) is 48.8 Å². The molecule has 1 heterocycles. The molecule has 1 aromatic heterocycles. The van der Waals surface area contributed by atoms with Crippen LogP contribution in [0.3, 0.4) is 0 Å². The van der Waals surface area contributed by atoms with E-state index < -0.39 is 0 Å². The SMILES string of the molecule is Cc1cccc(-c2ncnc(N(C)C)c2NC(=O)c2ccc(Cl)c(Cl)c2)c1. The Bertz CT molecular complexity index is 1010. The van der Waals surface area contributed by atoms with E-state index in [-0.39, 0.29) is 5.91 Å². The van der Waals surface area contributed by atoms with E-state index in [9.17, 15) is 4.79 Å². The number of rotatable bonds is 4. The van der Waals surface area contributed by atoms with Gasteiger partial charge in [0.2, 0.25) is 0 Å². The van der Waals surface area contributed by atoms with Gasteiger partial charge in [0.15, 0.2) is 5.82 Å². The van der Waals surface area contributed by atoms with Crippen LogP contribution >= 0.6 is 23.2 Å². The molecule has 0 unspecified atom stereocenters. The van der Waals surface area contributed by atoms with Crippen LogP contribution in [-0.2, 0) is 0 Å². The fourth-order valence-corrected chi connectivity index (χ4v) is 2.96. The molecule has 5 nitrogen and oxygen atoms in total. The number of amides is 1. The number of hydrogen-bond acceptors (Lipinski definition) is 4. The zero-order chi connectivity index (χ0) is 19.6. The van der Waals surface area contributed by atoms with Crippen molar-refractivity contribution in [3.8, 4) is 11.3 Å². The number of nitrogens with one attached hydrogen (secondary N) is 1. The number of anilines is 2. The molecular weight excluding hydrogens is 383 g/mol. The summed E-state index contributed by atoms with van der Waals surface area (Å²) in [5.41, 5.74) is 3.56. The Balaban J connectivity index is 2.07. The van der Waals surface area contributed by atoms with Gasteiger partial charge in [0.1, 0.15) is 12.0 Å². The molecule has 0 atom stereocenters. The van der Waals surface area contributed by atoms with Gasteiger partial charge in [-0.05, 0) is 31.2 Å². The standard InChI is InChI=1S/C20H18Cl2N4O/c1-12-5-4-6-13(9-12)17-18(19(26(2)3)24-11-23-17)25-20(27)14-7-8-15(21)16(22)10-14/h4-11H,1-3H3,(H,25,27). The second kappa shape index (κ2) is 7.94. The summed E-state index contributed by atoms with van der Waals surface area (Å²) in [7, 11) is 3.72. The molecule has 0 aliphatic rings. The lowest BCUT2D eigenvalue weighted by atomic mass is 10.1. The number of carbonyl (C=O) groups is 1. The molecule has 3 aromatic rings. The molecule has 0 radical (unpaired) electrons. The summed E-state index contributed by atoms with van der Waals surface area (Å²) in [5.74, 6) is 0.287. The number of aromatic nitrogens is 2. The van der Waals surface area contributed by atoms with Crippen molar-refractivity contribution in [3.05, 3.63) is 70.0 Å². The minimum atomic E-state index is -0.319. The van der Waals surface area contributed by atoms with Crippen LogP contribution in [0.5, 0.6) is 0 Å². The van der Waals surface area contributed by atoms with Gasteiger partial charge >= 0.3 is 0 Å². The molecule has 0 aliphatic carbocycles. The van der Waals surface area contributed by atoms with Gasteiger partial charge in [-0.3, -0.25) is 4.79 Å². The van der Waals surface area contributed by atoms with Crippen molar-refractivity contribution < 1.29 is 4.79 Å². The molecular formula is C20H18Cl2N4O. The third-order valence-electron chi connectivity index (χ3n) is 3.96. The van der Waals surface area contributed by atoms with Gasteiger partial charge in [-0.2, -0.15) is 0 Å². The fourth-order valence-electron chi connectivity index (χ4n) is 2.66. The molecule has 0 saturated carbocycles. The Morgan fingerprint density at radius 3 is 2.48 bits per heavy atom. The van der Waals surface area contributed by atoms with Gasteiger partial charge in [-0.15, -0.1) is 0 Å². The van der Waals surface area contributed by atoms with Crippen molar-refractivity contribution in [2.24, 2.45) is 0 Å². The highest BCUT2D eigenvalue weighted by Gasteiger charge is 2.18. The van der Waals surface area contributed by atoms with Gasteiger partial charge in [-0.1, -0.05) is 47.0 Å². The molecule has 0 aliphatic heterocycles. The maximum absolute atomic E-state index is 12.8. The molecule has 0 spiro atoms. The lowest BCUT2D eigenvalue weighted by molar-refractivity contribution is 0.102. The monoisotopic (exact) mass is 400 g/mol. The molecule has 2 aromatic carbocycles. The first-order valence-corrected chi connectivity index (χ1v) is 8.98. The van der Waals surface area contributed by atoms with E-state index in [1.165, 1.54) is 12.4 Å². The van der Waals surface area contributed by atoms with Crippen LogP contribution in [0, 0.1) is 6.92 Å². The van der Waals surface area contributed by atoms with Crippen molar-refractivity contribution >= 4 is 40.6 Å². The van der Waals surface area contributed by atoms with E-state index in [1.54, 1.807) is 12.1 Å². The zero-order valence-corrected chi connectivity index (χ0v) is 16.6. The topological polar surface area (TPSA) is 58.1 Å². The predicted molar refractivity (Wildman–Crippen MR) is 111 cm³/mol. The molecule has 7 heteroatoms. The Hall–Kier alpha value is -2.63. The van der Waals surface area contributed by atoms with Crippen molar-refractivity contribution in [1.82, 2.24) is 9.97 Å². The first kappa shape index (κ1) is 19.1. The van der Waals surface area contributed by atoms with E-state index in [0.29, 0.717) is 32.8 Å². The normalized spacial score (nSPS) is 10.6. The van der Waals surface area contributed by atoms with Crippen LogP contribution in [0.1, 0.15) is 15.9 Å². The lowest BCUT2D eigenvalue weighted by Crippen LogP contribution is -2.19. The fraction of sp³-hybridized carbons (Fsp3) is 0.150. The molecule has 3 rings (SSSR count). The van der Waals surface area contributed by atoms with Crippen molar-refractivity contribution in [1.29, 1.82) is 0 Å². The summed E-state index contributed by atoms with van der Waals surface area (Å²) in [6, 6.07) is 12.7. The maximum Gasteiger partial charge on any atom is 0.255 e. The lowest BCUT2D eigenvalue weighted by Gasteiger charge is -2.19. The average Bonchev–Trinajstić information content (AvgIpc) is 2.63. The highest BCUT2D eigenvalue weighted by Crippen LogP contribution is 2.33. The molecule has 1 N–H and O–H groups in total. The Morgan fingerprint density at radius 1 is 1.04 bits per heavy atom. The molecule has 27 heavy (non-hydrogen) atoms. The highest BCUT2D eigenvalue weighted by molar-refractivity contribution is 6.42. The number of aryl methyl sites for hydroxylation is 1. The van der Waals surface area contributed by atoms with Crippen molar-refractivity contribution in [2.75, 3.05) is 24.3 Å². The minimum Gasteiger partial charge on any atom is -0.361 e. The molecule has 1 amide bonds. The summed E-state index contributed by atoms with van der Waals surface area (Å²) < 4.78 is 0. The quantitative estimate of drug-likeness (QED) is 0.663. The summed E-state index contributed by atoms with van der Waals surface area (Å²) in [6.45, 7) is 2.01. The zero-order valence-electron chi connectivity index (χ0n) is 15.1. The van der Waals surface area contributed by atoms with E-state index in [0.717, 1.165) is 11.1 Å². The van der Waals surface area contributed by atoms with E-state index in [1.807, 2.05) is 50.2 Å². The van der Waals surface area contributed by atoms with Gasteiger partial charge in [-0.25, -0.2) is 9.97 Å². The number of nitrogens with zero attached hydrogens (tertiary/aromatic N) is 3. The van der Waals surface area contributed by atoms with Gasteiger partial charge in [0.05, 0.1) is 15.7 Å². The van der Waals surface area contributed by atoms with Gasteiger partial charge in [0.25, 0.3) is 5.91 Å². The molecule has 0 bridgehead atoms. The van der Waals surface area contributed by atoms with Crippen LogP contribution < -0.4 is 10.2 Å². The molecule has 0 fully saturated rings. The second-order valence-electron chi connectivity index (χ2n) is 6.27. The average molecular weight is 401 g/mol. The summed E-state index contributed by atoms with van der Waals surface area (Å²) in [5, 5.41) is 3.65. The smallest absolute Gasteiger partial charge is 0.255 e. The Kier molecular flexibility index (Phi) is 5.63. The van der Waals surface area contributed by atoms with Crippen LogP contribution in [0.25, 0.3) is 11.3 Å². The minimum absolute atomic E-state index is 0.319. The maximum atomic E-state index is 12.8. The highest BCUT2D eigenvalue weighted by atomic mass is 35.5. The summed E-state index contributed by atoms with van der Waals surface area (Å²) in [4.78, 5) is 23.4. The Morgan fingerprint density at radius 2 is 1.81 bits per heavy atom. The van der Waals surface area contributed by atoms with E-state index in [4.69, 9.17) is 23.2 Å². The number of halogens is 2. The van der Waals surface area contributed by atoms with Crippen molar-refractivity contribution in [3.63, 3.8) is 0 Å².